The highest BCUT2D eigenvalue weighted by Gasteiger charge is 2.18. The Bertz CT molecular complexity index is 362. The van der Waals surface area contributed by atoms with E-state index in [0.717, 1.165) is 9.35 Å². The Morgan fingerprint density at radius 3 is 2.82 bits per heavy atom. The van der Waals surface area contributed by atoms with Gasteiger partial charge in [0.05, 0.1) is 13.2 Å². The van der Waals surface area contributed by atoms with Gasteiger partial charge < -0.3 is 15.4 Å². The molecule has 1 aromatic heterocycles. The second kappa shape index (κ2) is 8.05. The van der Waals surface area contributed by atoms with Gasteiger partial charge in [-0.2, -0.15) is 0 Å². The number of rotatable bonds is 5. The lowest BCUT2D eigenvalue weighted by molar-refractivity contribution is -0.132. The minimum Gasteiger partial charge on any atom is -0.383 e. The fourth-order valence-corrected chi connectivity index (χ4v) is 2.79. The lowest BCUT2D eigenvalue weighted by atomic mass is 10.3. The van der Waals surface area contributed by atoms with E-state index in [1.807, 2.05) is 11.4 Å². The number of amides is 1. The number of carbonyl (C=O) groups is 1. The second-order valence-electron chi connectivity index (χ2n) is 3.49. The molecule has 7 heteroatoms. The number of thiophene rings is 1. The Labute approximate surface area is 120 Å². The van der Waals surface area contributed by atoms with Gasteiger partial charge >= 0.3 is 0 Å². The average molecular weight is 344 g/mol. The van der Waals surface area contributed by atoms with Crippen LogP contribution in [0.2, 0.25) is 0 Å². The molecule has 1 rings (SSSR count). The van der Waals surface area contributed by atoms with Crippen LogP contribution in [0.5, 0.6) is 0 Å². The number of hydrogen-bond donors (Lipinski definition) is 1. The van der Waals surface area contributed by atoms with Gasteiger partial charge in [-0.15, -0.1) is 23.7 Å². The van der Waals surface area contributed by atoms with Gasteiger partial charge in [-0.05, 0) is 22.0 Å². The van der Waals surface area contributed by atoms with Crippen molar-refractivity contribution >= 4 is 45.6 Å². The molecule has 0 fully saturated rings. The smallest absolute Gasteiger partial charge is 0.241 e. The summed E-state index contributed by atoms with van der Waals surface area (Å²) < 4.78 is 5.89. The summed E-state index contributed by atoms with van der Waals surface area (Å²) >= 11 is 4.98. The summed E-state index contributed by atoms with van der Waals surface area (Å²) in [5.41, 5.74) is 5.67. The number of nitrogens with two attached hydrogens (primary N) is 1. The summed E-state index contributed by atoms with van der Waals surface area (Å²) in [5, 5.41) is 1.99. The minimum atomic E-state index is -0.585. The van der Waals surface area contributed by atoms with E-state index in [2.05, 4.69) is 15.9 Å². The number of halogens is 2. The van der Waals surface area contributed by atoms with Crippen LogP contribution >= 0.6 is 39.7 Å². The van der Waals surface area contributed by atoms with Crippen LogP contribution in [0.25, 0.3) is 0 Å². The third-order valence-corrected chi connectivity index (χ3v) is 3.74. The predicted molar refractivity (Wildman–Crippen MR) is 75.6 cm³/mol. The minimum absolute atomic E-state index is 0. The van der Waals surface area contributed by atoms with Gasteiger partial charge in [0.2, 0.25) is 5.91 Å². The highest BCUT2D eigenvalue weighted by molar-refractivity contribution is 9.10. The first-order valence-corrected chi connectivity index (χ1v) is 6.44. The third kappa shape index (κ3) is 5.35. The molecular weight excluding hydrogens is 328 g/mol. The Morgan fingerprint density at radius 1 is 1.71 bits per heavy atom. The lowest BCUT2D eigenvalue weighted by Crippen LogP contribution is -2.43. The molecule has 17 heavy (non-hydrogen) atoms. The van der Waals surface area contributed by atoms with E-state index < -0.39 is 6.04 Å². The molecule has 0 aliphatic heterocycles. The first-order chi connectivity index (χ1) is 7.54. The third-order valence-electron chi connectivity index (χ3n) is 2.05. The summed E-state index contributed by atoms with van der Waals surface area (Å²) in [6, 6.07) is 1.41. The number of nitrogens with zero attached hydrogens (tertiary/aromatic N) is 1. The standard InChI is InChI=1S/C10H15BrN2O2S.ClH/c1-13(10(14)9(12)5-15-2)4-8-3-7(11)6-16-8;/h3,6,9H,4-5,12H2,1-2H3;1H. The molecule has 1 unspecified atom stereocenters. The molecule has 0 bridgehead atoms. The fourth-order valence-electron chi connectivity index (χ4n) is 1.28. The maximum atomic E-state index is 11.8. The number of carbonyl (C=O) groups excluding carboxylic acids is 1. The Balaban J connectivity index is 0.00000256. The summed E-state index contributed by atoms with van der Waals surface area (Å²) in [4.78, 5) is 14.5. The Hall–Kier alpha value is -0.140. The molecule has 0 saturated heterocycles. The van der Waals surface area contributed by atoms with Gasteiger partial charge in [0.1, 0.15) is 6.04 Å². The van der Waals surface area contributed by atoms with Gasteiger partial charge in [0, 0.05) is 28.9 Å². The first kappa shape index (κ1) is 16.9. The van der Waals surface area contributed by atoms with Gasteiger partial charge in [0.25, 0.3) is 0 Å². The molecule has 1 atom stereocenters. The van der Waals surface area contributed by atoms with Crippen molar-refractivity contribution in [3.63, 3.8) is 0 Å². The second-order valence-corrected chi connectivity index (χ2v) is 5.40. The zero-order valence-corrected chi connectivity index (χ0v) is 12.9. The van der Waals surface area contributed by atoms with Crippen LogP contribution in [-0.4, -0.2) is 37.6 Å². The number of likely N-dealkylation sites (N-methyl/N-ethyl adjacent to an activating group) is 1. The van der Waals surface area contributed by atoms with Gasteiger partial charge in [0.15, 0.2) is 0 Å². The Morgan fingerprint density at radius 2 is 2.35 bits per heavy atom. The van der Waals surface area contributed by atoms with Crippen LogP contribution in [-0.2, 0) is 16.1 Å². The molecule has 1 aromatic rings. The molecule has 0 aliphatic carbocycles. The van der Waals surface area contributed by atoms with Gasteiger partial charge in [-0.25, -0.2) is 0 Å². The molecule has 0 radical (unpaired) electrons. The van der Waals surface area contributed by atoms with E-state index in [9.17, 15) is 4.79 Å². The van der Waals surface area contributed by atoms with E-state index in [0.29, 0.717) is 6.54 Å². The average Bonchev–Trinajstić information content (AvgIpc) is 2.63. The maximum Gasteiger partial charge on any atom is 0.241 e. The summed E-state index contributed by atoms with van der Waals surface area (Å²) in [7, 11) is 3.27. The molecule has 2 N–H and O–H groups in total. The van der Waals surface area contributed by atoms with E-state index >= 15 is 0 Å². The zero-order chi connectivity index (χ0) is 12.1. The van der Waals surface area contributed by atoms with E-state index in [1.165, 1.54) is 7.11 Å². The molecule has 1 amide bonds. The van der Waals surface area contributed by atoms with Crippen LogP contribution in [0.15, 0.2) is 15.9 Å². The van der Waals surface area contributed by atoms with Crippen molar-refractivity contribution < 1.29 is 9.53 Å². The topological polar surface area (TPSA) is 55.6 Å². The van der Waals surface area contributed by atoms with Crippen LogP contribution in [0.1, 0.15) is 4.88 Å². The number of methoxy groups -OCH3 is 1. The number of ether oxygens (including phenoxy) is 1. The Kier molecular flexibility index (Phi) is 7.98. The maximum absolute atomic E-state index is 11.8. The normalized spacial score (nSPS) is 11.8. The van der Waals surface area contributed by atoms with Gasteiger partial charge in [-0.3, -0.25) is 4.79 Å². The zero-order valence-electron chi connectivity index (χ0n) is 9.68. The molecule has 4 nitrogen and oxygen atoms in total. The summed E-state index contributed by atoms with van der Waals surface area (Å²) in [5.74, 6) is -0.105. The summed E-state index contributed by atoms with van der Waals surface area (Å²) in [6.07, 6.45) is 0. The van der Waals surface area contributed by atoms with E-state index in [4.69, 9.17) is 10.5 Å². The van der Waals surface area contributed by atoms with E-state index in [-0.39, 0.29) is 24.9 Å². The largest absolute Gasteiger partial charge is 0.383 e. The molecule has 98 valence electrons. The SMILES string of the molecule is COCC(N)C(=O)N(C)Cc1cc(Br)cs1.Cl. The highest BCUT2D eigenvalue weighted by atomic mass is 79.9. The number of hydrogen-bond acceptors (Lipinski definition) is 4. The highest BCUT2D eigenvalue weighted by Crippen LogP contribution is 2.20. The van der Waals surface area contributed by atoms with Crippen molar-refractivity contribution in [2.24, 2.45) is 5.73 Å². The quantitative estimate of drug-likeness (QED) is 0.888. The molecular formula is C10H16BrClN2O2S. The van der Waals surface area contributed by atoms with Crippen LogP contribution in [0, 0.1) is 0 Å². The van der Waals surface area contributed by atoms with Crippen LogP contribution < -0.4 is 5.73 Å². The van der Waals surface area contributed by atoms with Crippen molar-refractivity contribution in [1.29, 1.82) is 0 Å². The molecule has 0 aliphatic rings. The van der Waals surface area contributed by atoms with Crippen molar-refractivity contribution in [3.05, 3.63) is 20.8 Å². The monoisotopic (exact) mass is 342 g/mol. The molecule has 0 spiro atoms. The van der Waals surface area contributed by atoms with Crippen LogP contribution in [0.4, 0.5) is 0 Å². The van der Waals surface area contributed by atoms with Crippen molar-refractivity contribution in [1.82, 2.24) is 4.90 Å². The molecule has 1 heterocycles. The molecule has 0 saturated carbocycles. The van der Waals surface area contributed by atoms with Crippen molar-refractivity contribution in [2.45, 2.75) is 12.6 Å². The van der Waals surface area contributed by atoms with Gasteiger partial charge in [-0.1, -0.05) is 0 Å². The first-order valence-electron chi connectivity index (χ1n) is 4.77. The van der Waals surface area contributed by atoms with Crippen molar-refractivity contribution in [3.8, 4) is 0 Å². The van der Waals surface area contributed by atoms with E-state index in [1.54, 1.807) is 23.3 Å². The van der Waals surface area contributed by atoms with Crippen molar-refractivity contribution in [2.75, 3.05) is 20.8 Å². The summed E-state index contributed by atoms with van der Waals surface area (Å²) in [6.45, 7) is 0.823. The fraction of sp³-hybridized carbons (Fsp3) is 0.500. The molecule has 0 aromatic carbocycles. The lowest BCUT2D eigenvalue weighted by Gasteiger charge is -2.20. The van der Waals surface area contributed by atoms with Crippen LogP contribution in [0.3, 0.4) is 0 Å². The predicted octanol–water partition coefficient (Wildman–Crippen LogP) is 1.86.